The topological polar surface area (TPSA) is 57.6 Å². The summed E-state index contributed by atoms with van der Waals surface area (Å²) in [7, 11) is 0. The number of carboxylic acids is 1. The summed E-state index contributed by atoms with van der Waals surface area (Å²) < 4.78 is 0. The first-order chi connectivity index (χ1) is 8.37. The number of aliphatic carboxylic acids is 1. The highest BCUT2D eigenvalue weighted by Crippen LogP contribution is 2.60. The van der Waals surface area contributed by atoms with Gasteiger partial charge in [-0.05, 0) is 30.1 Å². The van der Waals surface area contributed by atoms with Crippen LogP contribution in [0.2, 0.25) is 0 Å². The van der Waals surface area contributed by atoms with Gasteiger partial charge >= 0.3 is 5.97 Å². The molecule has 3 fully saturated rings. The number of nitrogens with zero attached hydrogens (tertiary/aromatic N) is 1. The van der Waals surface area contributed by atoms with E-state index in [2.05, 4.69) is 0 Å². The van der Waals surface area contributed by atoms with E-state index in [9.17, 15) is 9.59 Å². The van der Waals surface area contributed by atoms with Gasteiger partial charge in [-0.25, -0.2) is 0 Å². The molecular formula is C14H21NO3. The van der Waals surface area contributed by atoms with Gasteiger partial charge in [-0.2, -0.15) is 0 Å². The van der Waals surface area contributed by atoms with Crippen LogP contribution in [0.25, 0.3) is 0 Å². The highest BCUT2D eigenvalue weighted by molar-refractivity contribution is 5.91. The Labute approximate surface area is 107 Å². The fraction of sp³-hybridized carbons (Fsp3) is 0.857. The molecule has 2 saturated carbocycles. The summed E-state index contributed by atoms with van der Waals surface area (Å²) >= 11 is 0. The van der Waals surface area contributed by atoms with E-state index >= 15 is 0 Å². The average Bonchev–Trinajstić information content (AvgIpc) is 2.65. The minimum absolute atomic E-state index is 0.0798. The zero-order chi connectivity index (χ0) is 13.1. The summed E-state index contributed by atoms with van der Waals surface area (Å²) in [5.41, 5.74) is 0.0334. The van der Waals surface area contributed by atoms with Gasteiger partial charge in [-0.1, -0.05) is 20.3 Å². The number of carboxylic acid groups (broad SMARTS) is 1. The molecule has 0 aromatic rings. The Hall–Kier alpha value is -1.06. The molecule has 18 heavy (non-hydrogen) atoms. The second kappa shape index (κ2) is 3.49. The monoisotopic (exact) mass is 251 g/mol. The molecular weight excluding hydrogens is 230 g/mol. The lowest BCUT2D eigenvalue weighted by atomic mass is 9.68. The summed E-state index contributed by atoms with van der Waals surface area (Å²) in [6.07, 6.45) is 4.89. The SMILES string of the molecule is CC1(C)[C@H](C(=O)O)[C@@H]1C(=O)N1CCC2(CCC2)C1. The molecule has 0 aromatic heterocycles. The van der Waals surface area contributed by atoms with Crippen molar-refractivity contribution in [3.05, 3.63) is 0 Å². The van der Waals surface area contributed by atoms with Gasteiger partial charge in [0.15, 0.2) is 0 Å². The molecule has 0 radical (unpaired) electrons. The van der Waals surface area contributed by atoms with Crippen LogP contribution in [-0.2, 0) is 9.59 Å². The Balaban J connectivity index is 1.68. The molecule has 1 amide bonds. The Kier molecular flexibility index (Phi) is 2.32. The van der Waals surface area contributed by atoms with E-state index in [0.29, 0.717) is 5.41 Å². The number of likely N-dealkylation sites (tertiary alicyclic amines) is 1. The third kappa shape index (κ3) is 1.50. The molecule has 100 valence electrons. The lowest BCUT2D eigenvalue weighted by molar-refractivity contribution is -0.142. The Morgan fingerprint density at radius 2 is 1.83 bits per heavy atom. The molecule has 3 rings (SSSR count). The maximum Gasteiger partial charge on any atom is 0.307 e. The van der Waals surface area contributed by atoms with E-state index in [-0.39, 0.29) is 17.2 Å². The second-order valence-electron chi connectivity index (χ2n) is 6.98. The standard InChI is InChI=1S/C14H21NO3/c1-13(2)9(10(13)12(17)18)11(16)15-7-6-14(8-15)4-3-5-14/h9-10H,3-8H2,1-2H3,(H,17,18)/t9-,10+/m1/s1. The van der Waals surface area contributed by atoms with Gasteiger partial charge in [0.1, 0.15) is 0 Å². The van der Waals surface area contributed by atoms with Crippen LogP contribution in [0.5, 0.6) is 0 Å². The van der Waals surface area contributed by atoms with Gasteiger partial charge in [0.05, 0.1) is 11.8 Å². The number of amides is 1. The third-order valence-electron chi connectivity index (χ3n) is 5.52. The molecule has 0 unspecified atom stereocenters. The number of rotatable bonds is 2. The summed E-state index contributed by atoms with van der Waals surface area (Å²) in [4.78, 5) is 25.5. The zero-order valence-electron chi connectivity index (χ0n) is 11.1. The van der Waals surface area contributed by atoms with Crippen LogP contribution in [0.4, 0.5) is 0 Å². The normalized spacial score (nSPS) is 35.3. The molecule has 1 N–H and O–H groups in total. The highest BCUT2D eigenvalue weighted by atomic mass is 16.4. The molecule has 1 saturated heterocycles. The van der Waals surface area contributed by atoms with Crippen LogP contribution >= 0.6 is 0 Å². The van der Waals surface area contributed by atoms with Crippen molar-refractivity contribution in [3.63, 3.8) is 0 Å². The Bertz CT molecular complexity index is 411. The molecule has 4 nitrogen and oxygen atoms in total. The van der Waals surface area contributed by atoms with Gasteiger partial charge < -0.3 is 10.0 Å². The van der Waals surface area contributed by atoms with Gasteiger partial charge in [0, 0.05) is 13.1 Å². The van der Waals surface area contributed by atoms with Crippen molar-refractivity contribution >= 4 is 11.9 Å². The first-order valence-electron chi connectivity index (χ1n) is 6.89. The Morgan fingerprint density at radius 1 is 1.17 bits per heavy atom. The van der Waals surface area contributed by atoms with Crippen molar-refractivity contribution in [1.82, 2.24) is 4.90 Å². The molecule has 1 aliphatic heterocycles. The minimum atomic E-state index is -0.823. The predicted octanol–water partition coefficient (Wildman–Crippen LogP) is 1.75. The fourth-order valence-corrected chi connectivity index (χ4v) is 3.96. The molecule has 0 aromatic carbocycles. The largest absolute Gasteiger partial charge is 0.481 e. The summed E-state index contributed by atoms with van der Waals surface area (Å²) in [6.45, 7) is 5.48. The summed E-state index contributed by atoms with van der Waals surface area (Å²) in [5, 5.41) is 9.14. The fourth-order valence-electron chi connectivity index (χ4n) is 3.96. The molecule has 3 aliphatic rings. The second-order valence-corrected chi connectivity index (χ2v) is 6.98. The molecule has 1 spiro atoms. The van der Waals surface area contributed by atoms with Crippen molar-refractivity contribution in [2.24, 2.45) is 22.7 Å². The van der Waals surface area contributed by atoms with Crippen molar-refractivity contribution in [2.75, 3.05) is 13.1 Å². The van der Waals surface area contributed by atoms with E-state index in [1.54, 1.807) is 0 Å². The number of carbonyl (C=O) groups is 2. The first kappa shape index (κ1) is 12.0. The van der Waals surface area contributed by atoms with Gasteiger partial charge in [0.25, 0.3) is 0 Å². The van der Waals surface area contributed by atoms with Gasteiger partial charge in [-0.3, -0.25) is 9.59 Å². The van der Waals surface area contributed by atoms with E-state index in [1.165, 1.54) is 19.3 Å². The maximum absolute atomic E-state index is 12.4. The van der Waals surface area contributed by atoms with Gasteiger partial charge in [-0.15, -0.1) is 0 Å². The third-order valence-corrected chi connectivity index (χ3v) is 5.52. The van der Waals surface area contributed by atoms with Crippen molar-refractivity contribution in [2.45, 2.75) is 39.5 Å². The smallest absolute Gasteiger partial charge is 0.307 e. The highest BCUT2D eigenvalue weighted by Gasteiger charge is 2.67. The van der Waals surface area contributed by atoms with E-state index in [1.807, 2.05) is 18.7 Å². The molecule has 2 aliphatic carbocycles. The molecule has 2 atom stereocenters. The van der Waals surface area contributed by atoms with E-state index < -0.39 is 11.9 Å². The summed E-state index contributed by atoms with van der Waals surface area (Å²) in [5.74, 6) is -1.53. The van der Waals surface area contributed by atoms with Crippen LogP contribution in [0.15, 0.2) is 0 Å². The van der Waals surface area contributed by atoms with Crippen molar-refractivity contribution < 1.29 is 14.7 Å². The zero-order valence-corrected chi connectivity index (χ0v) is 11.1. The average molecular weight is 251 g/mol. The first-order valence-corrected chi connectivity index (χ1v) is 6.89. The maximum atomic E-state index is 12.4. The molecule has 1 heterocycles. The Morgan fingerprint density at radius 3 is 2.22 bits per heavy atom. The van der Waals surface area contributed by atoms with Crippen LogP contribution in [0.1, 0.15) is 39.5 Å². The predicted molar refractivity (Wildman–Crippen MR) is 65.9 cm³/mol. The quantitative estimate of drug-likeness (QED) is 0.813. The molecule has 4 heteroatoms. The van der Waals surface area contributed by atoms with Crippen LogP contribution in [0, 0.1) is 22.7 Å². The van der Waals surface area contributed by atoms with Crippen molar-refractivity contribution in [3.8, 4) is 0 Å². The lowest BCUT2D eigenvalue weighted by Crippen LogP contribution is -2.37. The van der Waals surface area contributed by atoms with E-state index in [4.69, 9.17) is 5.11 Å². The van der Waals surface area contributed by atoms with E-state index in [0.717, 1.165) is 19.5 Å². The molecule has 0 bridgehead atoms. The number of hydrogen-bond donors (Lipinski definition) is 1. The number of carbonyl (C=O) groups excluding carboxylic acids is 1. The van der Waals surface area contributed by atoms with Crippen LogP contribution < -0.4 is 0 Å². The minimum Gasteiger partial charge on any atom is -0.481 e. The lowest BCUT2D eigenvalue weighted by Gasteiger charge is -2.38. The van der Waals surface area contributed by atoms with Crippen molar-refractivity contribution in [1.29, 1.82) is 0 Å². The summed E-state index contributed by atoms with van der Waals surface area (Å²) in [6, 6.07) is 0. The number of hydrogen-bond acceptors (Lipinski definition) is 2. The van der Waals surface area contributed by atoms with Crippen LogP contribution in [-0.4, -0.2) is 35.0 Å². The van der Waals surface area contributed by atoms with Gasteiger partial charge in [0.2, 0.25) is 5.91 Å². The van der Waals surface area contributed by atoms with Crippen LogP contribution in [0.3, 0.4) is 0 Å².